The molecule has 2 fully saturated rings. The lowest BCUT2D eigenvalue weighted by molar-refractivity contribution is -0.162. The summed E-state index contributed by atoms with van der Waals surface area (Å²) < 4.78 is 23.6. The molecule has 4 atom stereocenters. The van der Waals surface area contributed by atoms with Gasteiger partial charge in [0.2, 0.25) is 17.7 Å². The van der Waals surface area contributed by atoms with E-state index in [-0.39, 0.29) is 42.3 Å². The molecule has 3 heterocycles. The van der Waals surface area contributed by atoms with Gasteiger partial charge >= 0.3 is 5.97 Å². The lowest BCUT2D eigenvalue weighted by Gasteiger charge is -2.37. The van der Waals surface area contributed by atoms with E-state index in [0.29, 0.717) is 87.4 Å². The van der Waals surface area contributed by atoms with Crippen LogP contribution in [-0.4, -0.2) is 97.1 Å². The number of amides is 5. The van der Waals surface area contributed by atoms with Crippen molar-refractivity contribution in [1.29, 1.82) is 0 Å². The lowest BCUT2D eigenvalue weighted by Crippen LogP contribution is -2.54. The summed E-state index contributed by atoms with van der Waals surface area (Å²) in [5.41, 5.74) is 6.75. The number of likely N-dealkylation sites (tertiary alicyclic amines) is 1. The van der Waals surface area contributed by atoms with Crippen LogP contribution in [0.2, 0.25) is 0 Å². The highest BCUT2D eigenvalue weighted by molar-refractivity contribution is 6.25. The quantitative estimate of drug-likeness (QED) is 0.0436. The maximum Gasteiger partial charge on any atom is 0.329 e. The Kier molecular flexibility index (Phi) is 17.3. The van der Waals surface area contributed by atoms with Gasteiger partial charge in [-0.15, -0.1) is 0 Å². The SMILES string of the molecule is CC[C@H](C(=O)N1CCCC[C@H]1C(=O)OC(CCc1ccc(C)c(C)c1)c1cccc(OCC(=O)CCCCCNc2cccc3c2C(=O)N(C2CCC(=O)NC2=O)C3=O)c1)c1cc(C)c(OC)c(OC)c1. The second-order valence-electron chi connectivity index (χ2n) is 18.8. The first-order chi connectivity index (χ1) is 34.2. The molecule has 0 spiro atoms. The zero-order valence-electron chi connectivity index (χ0n) is 41.7. The number of carbonyl (C=O) groups excluding carboxylic acids is 7. The molecule has 7 rings (SSSR count). The van der Waals surface area contributed by atoms with E-state index in [2.05, 4.69) is 42.7 Å². The first kappa shape index (κ1) is 51.8. The molecule has 0 aromatic heterocycles. The fourth-order valence-electron chi connectivity index (χ4n) is 9.90. The van der Waals surface area contributed by atoms with E-state index >= 15 is 0 Å². The smallest absolute Gasteiger partial charge is 0.329 e. The summed E-state index contributed by atoms with van der Waals surface area (Å²) in [7, 11) is 3.16. The third kappa shape index (κ3) is 12.1. The Morgan fingerprint density at radius 1 is 0.817 bits per heavy atom. The maximum absolute atomic E-state index is 14.5. The molecular weight excluding hydrogens is 905 g/mol. The predicted molar refractivity (Wildman–Crippen MR) is 267 cm³/mol. The van der Waals surface area contributed by atoms with E-state index in [9.17, 15) is 33.6 Å². The Balaban J connectivity index is 0.948. The Morgan fingerprint density at radius 3 is 2.37 bits per heavy atom. The van der Waals surface area contributed by atoms with Crippen molar-refractivity contribution in [3.63, 3.8) is 0 Å². The van der Waals surface area contributed by atoms with Crippen LogP contribution in [-0.2, 0) is 35.1 Å². The molecular formula is C56H66N4O11. The van der Waals surface area contributed by atoms with E-state index < -0.39 is 53.7 Å². The number of piperidine rings is 2. The molecule has 0 radical (unpaired) electrons. The molecule has 2 N–H and O–H groups in total. The second-order valence-corrected chi connectivity index (χ2v) is 18.8. The van der Waals surface area contributed by atoms with Crippen LogP contribution in [0.25, 0.3) is 0 Å². The number of nitrogens with one attached hydrogen (secondary N) is 2. The molecule has 3 aliphatic rings. The fraction of sp³-hybridized carbons (Fsp3) is 0.446. The van der Waals surface area contributed by atoms with Crippen molar-refractivity contribution < 1.29 is 52.5 Å². The number of fused-ring (bicyclic) bond motifs is 1. The van der Waals surface area contributed by atoms with Gasteiger partial charge in [-0.05, 0) is 142 Å². The monoisotopic (exact) mass is 970 g/mol. The van der Waals surface area contributed by atoms with Crippen molar-refractivity contribution in [2.45, 2.75) is 129 Å². The molecule has 0 aliphatic carbocycles. The molecule has 4 aromatic rings. The molecule has 2 unspecified atom stereocenters. The van der Waals surface area contributed by atoms with Crippen LogP contribution in [0, 0.1) is 20.8 Å². The van der Waals surface area contributed by atoms with Crippen LogP contribution < -0.4 is 24.8 Å². The molecule has 2 saturated heterocycles. The van der Waals surface area contributed by atoms with E-state index in [1.54, 1.807) is 43.4 Å². The summed E-state index contributed by atoms with van der Waals surface area (Å²) >= 11 is 0. The second kappa shape index (κ2) is 23.7. The zero-order valence-corrected chi connectivity index (χ0v) is 41.7. The number of unbranched alkanes of at least 4 members (excludes halogenated alkanes) is 2. The summed E-state index contributed by atoms with van der Waals surface area (Å²) in [6.07, 6.45) is 5.47. The van der Waals surface area contributed by atoms with Gasteiger partial charge in [0.05, 0.1) is 31.3 Å². The van der Waals surface area contributed by atoms with Gasteiger partial charge in [0.25, 0.3) is 11.8 Å². The largest absolute Gasteiger partial charge is 0.493 e. The minimum absolute atomic E-state index is 0.0431. The number of ketones is 1. The summed E-state index contributed by atoms with van der Waals surface area (Å²) in [6.45, 7) is 8.82. The summed E-state index contributed by atoms with van der Waals surface area (Å²) in [6, 6.07) is 20.6. The Bertz CT molecular complexity index is 2660. The number of benzene rings is 4. The number of Topliss-reactive ketones (excluding diaryl/α,β-unsaturated/α-hetero) is 1. The van der Waals surface area contributed by atoms with Crippen molar-refractivity contribution in [1.82, 2.24) is 15.1 Å². The highest BCUT2D eigenvalue weighted by atomic mass is 16.5. The van der Waals surface area contributed by atoms with Gasteiger partial charge in [0.15, 0.2) is 17.3 Å². The number of esters is 1. The highest BCUT2D eigenvalue weighted by Gasteiger charge is 2.46. The summed E-state index contributed by atoms with van der Waals surface area (Å²) in [4.78, 5) is 95.4. The van der Waals surface area contributed by atoms with Gasteiger partial charge in [0, 0.05) is 31.6 Å². The molecule has 15 nitrogen and oxygen atoms in total. The maximum atomic E-state index is 14.5. The van der Waals surface area contributed by atoms with Crippen LogP contribution in [0.5, 0.6) is 17.2 Å². The van der Waals surface area contributed by atoms with E-state index in [4.69, 9.17) is 18.9 Å². The van der Waals surface area contributed by atoms with Crippen LogP contribution in [0.4, 0.5) is 5.69 Å². The number of rotatable bonds is 22. The van der Waals surface area contributed by atoms with E-state index in [1.807, 2.05) is 44.2 Å². The number of hydrogen-bond acceptors (Lipinski definition) is 12. The Labute approximate surface area is 415 Å². The number of carbonyl (C=O) groups is 7. The van der Waals surface area contributed by atoms with Gasteiger partial charge in [-0.25, -0.2) is 4.79 Å². The molecule has 3 aliphatic heterocycles. The normalized spacial score (nSPS) is 17.5. The van der Waals surface area contributed by atoms with Crippen LogP contribution in [0.15, 0.2) is 72.8 Å². The predicted octanol–water partition coefficient (Wildman–Crippen LogP) is 8.44. The van der Waals surface area contributed by atoms with E-state index in [1.165, 1.54) is 11.1 Å². The Hall–Kier alpha value is -7.03. The van der Waals surface area contributed by atoms with Crippen molar-refractivity contribution >= 4 is 47.0 Å². The average Bonchev–Trinajstić information content (AvgIpc) is 3.62. The van der Waals surface area contributed by atoms with Crippen LogP contribution >= 0.6 is 0 Å². The number of anilines is 1. The molecule has 4 aromatic carbocycles. The topological polar surface area (TPSA) is 187 Å². The number of nitrogens with zero attached hydrogens (tertiary/aromatic N) is 2. The third-order valence-electron chi connectivity index (χ3n) is 13.9. The van der Waals surface area contributed by atoms with E-state index in [0.717, 1.165) is 40.0 Å². The first-order valence-corrected chi connectivity index (χ1v) is 24.8. The minimum atomic E-state index is -1.04. The van der Waals surface area contributed by atoms with Gasteiger partial charge in [-0.1, -0.05) is 55.8 Å². The molecule has 376 valence electrons. The molecule has 71 heavy (non-hydrogen) atoms. The van der Waals surface area contributed by atoms with Gasteiger partial charge < -0.3 is 29.2 Å². The van der Waals surface area contributed by atoms with Crippen molar-refractivity contribution in [2.75, 3.05) is 39.2 Å². The fourth-order valence-corrected chi connectivity index (χ4v) is 9.90. The van der Waals surface area contributed by atoms with Crippen molar-refractivity contribution in [3.8, 4) is 17.2 Å². The molecule has 5 amide bonds. The molecule has 15 heteroatoms. The molecule has 0 bridgehead atoms. The summed E-state index contributed by atoms with van der Waals surface area (Å²) in [5.74, 6) is -1.75. The number of imide groups is 2. The number of ether oxygens (including phenoxy) is 4. The summed E-state index contributed by atoms with van der Waals surface area (Å²) in [5, 5.41) is 5.46. The lowest BCUT2D eigenvalue weighted by atomic mass is 9.91. The average molecular weight is 971 g/mol. The number of aryl methyl sites for hydroxylation is 4. The zero-order chi connectivity index (χ0) is 50.8. The van der Waals surface area contributed by atoms with Crippen LogP contribution in [0.1, 0.15) is 144 Å². The van der Waals surface area contributed by atoms with Gasteiger partial charge in [-0.2, -0.15) is 0 Å². The highest BCUT2D eigenvalue weighted by Crippen LogP contribution is 2.38. The van der Waals surface area contributed by atoms with Gasteiger partial charge in [-0.3, -0.25) is 39.0 Å². The Morgan fingerprint density at radius 2 is 1.62 bits per heavy atom. The van der Waals surface area contributed by atoms with Gasteiger partial charge in [0.1, 0.15) is 30.5 Å². The third-order valence-corrected chi connectivity index (χ3v) is 13.9. The number of hydrogen-bond donors (Lipinski definition) is 2. The molecule has 0 saturated carbocycles. The minimum Gasteiger partial charge on any atom is -0.493 e. The van der Waals surface area contributed by atoms with Crippen molar-refractivity contribution in [3.05, 3.63) is 117 Å². The number of methoxy groups -OCH3 is 2. The van der Waals surface area contributed by atoms with Crippen molar-refractivity contribution in [2.24, 2.45) is 0 Å². The standard InChI is InChI=1S/C56H66N4O11/c1-7-42(39-30-36(4)51(69-6)48(32-39)68-5)53(64)59-28-12-10-20-46(59)56(67)71-47(25-23-37-22-21-34(2)35(3)29-37)38-15-13-17-41(31-38)70-33-40(61)16-9-8-11-27-57-44-19-14-18-43-50(44)55(66)60(54(43)65)45-24-26-49(62)58-52(45)63/h13-15,17-19,21-22,29-32,42,45-47,57H,7-12,16,20,23-28,33H2,1-6H3,(H,58,62,63)/t42-,45?,46-,47?/m0/s1. The first-order valence-electron chi connectivity index (χ1n) is 24.8. The van der Waals surface area contributed by atoms with Crippen LogP contribution in [0.3, 0.4) is 0 Å².